The molecule has 6 heteroatoms. The zero-order chi connectivity index (χ0) is 17.8. The third-order valence-electron chi connectivity index (χ3n) is 3.69. The fraction of sp³-hybridized carbons (Fsp3) is 0.263. The molecular weight excluding hydrogens is 320 g/mol. The maximum Gasteiger partial charge on any atom is 0.265 e. The lowest BCUT2D eigenvalue weighted by Crippen LogP contribution is -2.17. The lowest BCUT2D eigenvalue weighted by Gasteiger charge is -2.07. The second kappa shape index (κ2) is 7.25. The van der Waals surface area contributed by atoms with E-state index in [0.29, 0.717) is 17.2 Å². The highest BCUT2D eigenvalue weighted by atomic mass is 16.7. The largest absolute Gasteiger partial charge is 0.454 e. The minimum absolute atomic E-state index is 0.158. The zero-order valence-electron chi connectivity index (χ0n) is 14.5. The summed E-state index contributed by atoms with van der Waals surface area (Å²) in [5.74, 6) is 1.14. The van der Waals surface area contributed by atoms with Crippen molar-refractivity contribution in [3.8, 4) is 11.5 Å². The number of benzene rings is 2. The summed E-state index contributed by atoms with van der Waals surface area (Å²) >= 11 is 0. The Kier molecular flexibility index (Phi) is 4.88. The van der Waals surface area contributed by atoms with Crippen LogP contribution in [0.1, 0.15) is 23.6 Å². The normalized spacial score (nSPS) is 12.8. The minimum atomic E-state index is -0.257. The van der Waals surface area contributed by atoms with E-state index in [1.54, 1.807) is 6.92 Å². The number of carbonyl (C=O) groups is 1. The van der Waals surface area contributed by atoms with Gasteiger partial charge in [-0.25, -0.2) is 0 Å². The highest BCUT2D eigenvalue weighted by molar-refractivity contribution is 5.99. The molecule has 6 nitrogen and oxygen atoms in total. The molecule has 0 atom stereocenters. The molecule has 1 aliphatic rings. The van der Waals surface area contributed by atoms with Gasteiger partial charge in [-0.05, 0) is 62.2 Å². The van der Waals surface area contributed by atoms with E-state index in [1.807, 2.05) is 50.2 Å². The molecule has 1 aliphatic heterocycles. The summed E-state index contributed by atoms with van der Waals surface area (Å²) in [5, 5.41) is 6.80. The molecule has 0 spiro atoms. The number of rotatable bonds is 5. The SMILES string of the molecule is C/C(=N\OCC(=O)Nc1cc(C)cc(C)c1)c1ccc2c(c1)OCO2. The number of hydrogen-bond acceptors (Lipinski definition) is 5. The van der Waals surface area contributed by atoms with E-state index >= 15 is 0 Å². The summed E-state index contributed by atoms with van der Waals surface area (Å²) in [6.07, 6.45) is 0. The first kappa shape index (κ1) is 16.8. The first-order valence-electron chi connectivity index (χ1n) is 7.96. The summed E-state index contributed by atoms with van der Waals surface area (Å²) in [5.41, 5.74) is 4.43. The van der Waals surface area contributed by atoms with Crippen LogP contribution in [0, 0.1) is 13.8 Å². The molecule has 0 saturated heterocycles. The molecule has 3 rings (SSSR count). The summed E-state index contributed by atoms with van der Waals surface area (Å²) in [6, 6.07) is 11.4. The van der Waals surface area contributed by atoms with Gasteiger partial charge in [0.05, 0.1) is 5.71 Å². The predicted molar refractivity (Wildman–Crippen MR) is 95.3 cm³/mol. The Bertz CT molecular complexity index is 810. The third-order valence-corrected chi connectivity index (χ3v) is 3.69. The minimum Gasteiger partial charge on any atom is -0.454 e. The van der Waals surface area contributed by atoms with Gasteiger partial charge in [0.2, 0.25) is 6.79 Å². The van der Waals surface area contributed by atoms with Gasteiger partial charge in [0.1, 0.15) is 0 Å². The highest BCUT2D eigenvalue weighted by Gasteiger charge is 2.14. The summed E-state index contributed by atoms with van der Waals surface area (Å²) in [4.78, 5) is 17.1. The average molecular weight is 340 g/mol. The van der Waals surface area contributed by atoms with Gasteiger partial charge in [0.25, 0.3) is 5.91 Å². The van der Waals surface area contributed by atoms with E-state index in [-0.39, 0.29) is 19.3 Å². The van der Waals surface area contributed by atoms with Crippen LogP contribution in [0.3, 0.4) is 0 Å². The molecule has 1 N–H and O–H groups in total. The number of amides is 1. The van der Waals surface area contributed by atoms with Crippen LogP contribution in [0.4, 0.5) is 5.69 Å². The van der Waals surface area contributed by atoms with E-state index in [2.05, 4.69) is 10.5 Å². The smallest absolute Gasteiger partial charge is 0.265 e. The first-order chi connectivity index (χ1) is 12.0. The molecular formula is C19H20N2O4. The van der Waals surface area contributed by atoms with E-state index in [4.69, 9.17) is 14.3 Å². The zero-order valence-corrected chi connectivity index (χ0v) is 14.5. The van der Waals surface area contributed by atoms with E-state index < -0.39 is 0 Å². The fourth-order valence-corrected chi connectivity index (χ4v) is 2.61. The summed E-state index contributed by atoms with van der Waals surface area (Å²) in [6.45, 7) is 5.84. The molecule has 0 aromatic heterocycles. The topological polar surface area (TPSA) is 69.2 Å². The van der Waals surface area contributed by atoms with Gasteiger partial charge < -0.3 is 19.6 Å². The fourth-order valence-electron chi connectivity index (χ4n) is 2.61. The lowest BCUT2D eigenvalue weighted by molar-refractivity contribution is -0.120. The lowest BCUT2D eigenvalue weighted by atomic mass is 10.1. The van der Waals surface area contributed by atoms with Crippen LogP contribution in [0.2, 0.25) is 0 Å². The second-order valence-corrected chi connectivity index (χ2v) is 5.94. The van der Waals surface area contributed by atoms with Crippen LogP contribution >= 0.6 is 0 Å². The van der Waals surface area contributed by atoms with Gasteiger partial charge in [-0.1, -0.05) is 11.2 Å². The molecule has 25 heavy (non-hydrogen) atoms. The number of ether oxygens (including phenoxy) is 2. The quantitative estimate of drug-likeness (QED) is 0.669. The second-order valence-electron chi connectivity index (χ2n) is 5.94. The van der Waals surface area contributed by atoms with Gasteiger partial charge >= 0.3 is 0 Å². The van der Waals surface area contributed by atoms with Crippen molar-refractivity contribution in [3.63, 3.8) is 0 Å². The molecule has 0 radical (unpaired) electrons. The molecule has 0 unspecified atom stereocenters. The van der Waals surface area contributed by atoms with Gasteiger partial charge in [-0.3, -0.25) is 4.79 Å². The Balaban J connectivity index is 1.55. The van der Waals surface area contributed by atoms with Crippen LogP contribution < -0.4 is 14.8 Å². The maximum atomic E-state index is 12.0. The van der Waals surface area contributed by atoms with Gasteiger partial charge in [0.15, 0.2) is 18.1 Å². The number of nitrogens with zero attached hydrogens (tertiary/aromatic N) is 1. The van der Waals surface area contributed by atoms with Crippen molar-refractivity contribution in [1.82, 2.24) is 0 Å². The number of nitrogens with one attached hydrogen (secondary N) is 1. The van der Waals surface area contributed by atoms with Crippen LogP contribution in [-0.4, -0.2) is 25.0 Å². The Morgan fingerprint density at radius 2 is 1.84 bits per heavy atom. The van der Waals surface area contributed by atoms with Crippen LogP contribution in [0.5, 0.6) is 11.5 Å². The maximum absolute atomic E-state index is 12.0. The average Bonchev–Trinajstić information content (AvgIpc) is 3.01. The van der Waals surface area contributed by atoms with Gasteiger partial charge in [-0.15, -0.1) is 0 Å². The molecule has 130 valence electrons. The Labute approximate surface area is 146 Å². The molecule has 1 amide bonds. The van der Waals surface area contributed by atoms with Crippen LogP contribution in [0.25, 0.3) is 0 Å². The Morgan fingerprint density at radius 1 is 1.12 bits per heavy atom. The van der Waals surface area contributed by atoms with Crippen molar-refractivity contribution in [2.24, 2.45) is 5.16 Å². The Hall–Kier alpha value is -3.02. The summed E-state index contributed by atoms with van der Waals surface area (Å²) < 4.78 is 10.6. The van der Waals surface area contributed by atoms with Crippen LogP contribution in [-0.2, 0) is 9.63 Å². The Morgan fingerprint density at radius 3 is 2.60 bits per heavy atom. The van der Waals surface area contributed by atoms with Gasteiger partial charge in [0, 0.05) is 11.3 Å². The number of carbonyl (C=O) groups excluding carboxylic acids is 1. The third kappa shape index (κ3) is 4.29. The molecule has 0 fully saturated rings. The van der Waals surface area contributed by atoms with Crippen molar-refractivity contribution in [2.45, 2.75) is 20.8 Å². The number of hydrogen-bond donors (Lipinski definition) is 1. The molecule has 2 aromatic carbocycles. The van der Waals surface area contributed by atoms with Crippen molar-refractivity contribution >= 4 is 17.3 Å². The monoisotopic (exact) mass is 340 g/mol. The molecule has 2 aromatic rings. The summed E-state index contributed by atoms with van der Waals surface area (Å²) in [7, 11) is 0. The molecule has 1 heterocycles. The van der Waals surface area contributed by atoms with Gasteiger partial charge in [-0.2, -0.15) is 0 Å². The first-order valence-corrected chi connectivity index (χ1v) is 7.96. The van der Waals surface area contributed by atoms with E-state index in [1.165, 1.54) is 0 Å². The predicted octanol–water partition coefficient (Wildman–Crippen LogP) is 3.41. The highest BCUT2D eigenvalue weighted by Crippen LogP contribution is 2.32. The van der Waals surface area contributed by atoms with E-state index in [0.717, 1.165) is 22.4 Å². The number of aryl methyl sites for hydroxylation is 2. The van der Waals surface area contributed by atoms with Crippen molar-refractivity contribution in [2.75, 3.05) is 18.7 Å². The van der Waals surface area contributed by atoms with Crippen molar-refractivity contribution in [3.05, 3.63) is 53.1 Å². The molecule has 0 aliphatic carbocycles. The molecule has 0 saturated carbocycles. The van der Waals surface area contributed by atoms with Crippen molar-refractivity contribution in [1.29, 1.82) is 0 Å². The standard InChI is InChI=1S/C19H20N2O4/c1-12-6-13(2)8-16(7-12)20-19(22)10-25-21-14(3)15-4-5-17-18(9-15)24-11-23-17/h4-9H,10-11H2,1-3H3,(H,20,22)/b21-14+. The number of oxime groups is 1. The number of fused-ring (bicyclic) bond motifs is 1. The van der Waals surface area contributed by atoms with Crippen LogP contribution in [0.15, 0.2) is 41.6 Å². The van der Waals surface area contributed by atoms with Crippen molar-refractivity contribution < 1.29 is 19.1 Å². The van der Waals surface area contributed by atoms with E-state index in [9.17, 15) is 4.79 Å². The number of anilines is 1. The molecule has 0 bridgehead atoms.